The normalized spacial score (nSPS) is 17.8. The van der Waals surface area contributed by atoms with E-state index in [1.54, 1.807) is 6.92 Å². The Morgan fingerprint density at radius 1 is 1.33 bits per heavy atom. The highest BCUT2D eigenvalue weighted by Crippen LogP contribution is 2.17. The van der Waals surface area contributed by atoms with E-state index in [-0.39, 0.29) is 6.42 Å². The SMILES string of the molecule is CCC(C(C)C(O)O)S(=O)(=O)O. The van der Waals surface area contributed by atoms with Crippen LogP contribution < -0.4 is 0 Å². The van der Waals surface area contributed by atoms with Crippen LogP contribution in [-0.2, 0) is 10.1 Å². The van der Waals surface area contributed by atoms with E-state index in [0.29, 0.717) is 0 Å². The lowest BCUT2D eigenvalue weighted by molar-refractivity contribution is -0.0798. The monoisotopic (exact) mass is 198 g/mol. The van der Waals surface area contributed by atoms with Crippen molar-refractivity contribution >= 4 is 10.1 Å². The van der Waals surface area contributed by atoms with E-state index in [9.17, 15) is 8.42 Å². The summed E-state index contributed by atoms with van der Waals surface area (Å²) in [5, 5.41) is 16.2. The standard InChI is InChI=1S/C6H14O5S/c1-3-5(12(9,10)11)4(2)6(7)8/h4-8H,3H2,1-2H3,(H,9,10,11). The largest absolute Gasteiger partial charge is 0.368 e. The molecule has 0 rings (SSSR count). The number of aliphatic hydroxyl groups is 2. The van der Waals surface area contributed by atoms with Gasteiger partial charge in [-0.15, -0.1) is 0 Å². The fourth-order valence-electron chi connectivity index (χ4n) is 1.05. The second kappa shape index (κ2) is 4.18. The molecule has 5 nitrogen and oxygen atoms in total. The summed E-state index contributed by atoms with van der Waals surface area (Å²) in [6.07, 6.45) is -1.57. The molecule has 2 atom stereocenters. The van der Waals surface area contributed by atoms with Crippen LogP contribution in [0.4, 0.5) is 0 Å². The van der Waals surface area contributed by atoms with E-state index in [2.05, 4.69) is 0 Å². The molecule has 0 saturated heterocycles. The van der Waals surface area contributed by atoms with E-state index >= 15 is 0 Å². The molecule has 12 heavy (non-hydrogen) atoms. The third-order valence-electron chi connectivity index (χ3n) is 1.84. The van der Waals surface area contributed by atoms with Crippen molar-refractivity contribution in [3.8, 4) is 0 Å². The maximum absolute atomic E-state index is 10.6. The summed E-state index contributed by atoms with van der Waals surface area (Å²) in [6, 6.07) is 0. The minimum absolute atomic E-state index is 0.150. The summed E-state index contributed by atoms with van der Waals surface area (Å²) < 4.78 is 29.9. The van der Waals surface area contributed by atoms with Gasteiger partial charge in [-0.3, -0.25) is 4.55 Å². The molecular formula is C6H14O5S. The zero-order valence-corrected chi connectivity index (χ0v) is 7.82. The van der Waals surface area contributed by atoms with E-state index in [4.69, 9.17) is 14.8 Å². The number of rotatable bonds is 4. The van der Waals surface area contributed by atoms with Gasteiger partial charge in [0.2, 0.25) is 0 Å². The van der Waals surface area contributed by atoms with Crippen molar-refractivity contribution in [2.75, 3.05) is 0 Å². The predicted octanol–water partition coefficient (Wildman–Crippen LogP) is -0.400. The Morgan fingerprint density at radius 3 is 1.83 bits per heavy atom. The summed E-state index contributed by atoms with van der Waals surface area (Å²) in [4.78, 5) is 0. The molecule has 0 radical (unpaired) electrons. The Labute approximate surface area is 71.8 Å². The lowest BCUT2D eigenvalue weighted by Gasteiger charge is -2.20. The van der Waals surface area contributed by atoms with Crippen LogP contribution in [0.15, 0.2) is 0 Å². The molecule has 0 aliphatic carbocycles. The molecule has 0 heterocycles. The molecule has 0 aliphatic heterocycles. The Kier molecular flexibility index (Phi) is 4.12. The third kappa shape index (κ3) is 3.06. The van der Waals surface area contributed by atoms with Crippen LogP contribution in [0.1, 0.15) is 20.3 Å². The minimum atomic E-state index is -4.18. The van der Waals surface area contributed by atoms with Crippen molar-refractivity contribution < 1.29 is 23.2 Å². The maximum atomic E-state index is 10.6. The van der Waals surface area contributed by atoms with Gasteiger partial charge in [0.05, 0.1) is 5.25 Å². The van der Waals surface area contributed by atoms with Gasteiger partial charge < -0.3 is 10.2 Å². The highest BCUT2D eigenvalue weighted by molar-refractivity contribution is 7.86. The molecule has 74 valence electrons. The van der Waals surface area contributed by atoms with Gasteiger partial charge in [0, 0.05) is 5.92 Å². The second-order valence-electron chi connectivity index (χ2n) is 2.73. The highest BCUT2D eigenvalue weighted by atomic mass is 32.2. The molecule has 0 amide bonds. The van der Waals surface area contributed by atoms with Crippen molar-refractivity contribution in [1.82, 2.24) is 0 Å². The summed E-state index contributed by atoms with van der Waals surface area (Å²) >= 11 is 0. The number of hydrogen-bond acceptors (Lipinski definition) is 4. The zero-order valence-electron chi connectivity index (χ0n) is 7.01. The Morgan fingerprint density at radius 2 is 1.75 bits per heavy atom. The van der Waals surface area contributed by atoms with Gasteiger partial charge in [-0.25, -0.2) is 0 Å². The van der Waals surface area contributed by atoms with Crippen LogP contribution in [0.5, 0.6) is 0 Å². The van der Waals surface area contributed by atoms with Crippen LogP contribution >= 0.6 is 0 Å². The first-order chi connectivity index (χ1) is 5.30. The predicted molar refractivity (Wildman–Crippen MR) is 43.0 cm³/mol. The van der Waals surface area contributed by atoms with Gasteiger partial charge >= 0.3 is 0 Å². The molecule has 0 fully saturated rings. The highest BCUT2D eigenvalue weighted by Gasteiger charge is 2.31. The average molecular weight is 198 g/mol. The summed E-state index contributed by atoms with van der Waals surface area (Å²) in [7, 11) is -4.18. The van der Waals surface area contributed by atoms with Crippen molar-refractivity contribution in [1.29, 1.82) is 0 Å². The number of aliphatic hydroxyl groups excluding tert-OH is 1. The van der Waals surface area contributed by atoms with Gasteiger partial charge in [0.25, 0.3) is 10.1 Å². The number of hydrogen-bond donors (Lipinski definition) is 3. The lowest BCUT2D eigenvalue weighted by atomic mass is 10.1. The fraction of sp³-hybridized carbons (Fsp3) is 1.00. The first-order valence-corrected chi connectivity index (χ1v) is 5.13. The van der Waals surface area contributed by atoms with E-state index in [0.717, 1.165) is 0 Å². The Balaban J connectivity index is 4.58. The van der Waals surface area contributed by atoms with Crippen LogP contribution in [0.25, 0.3) is 0 Å². The second-order valence-corrected chi connectivity index (χ2v) is 4.37. The molecule has 0 aromatic carbocycles. The van der Waals surface area contributed by atoms with E-state index in [1.165, 1.54) is 6.92 Å². The topological polar surface area (TPSA) is 94.8 Å². The Hall–Kier alpha value is -0.170. The molecule has 3 N–H and O–H groups in total. The van der Waals surface area contributed by atoms with Gasteiger partial charge in [0.15, 0.2) is 6.29 Å². The van der Waals surface area contributed by atoms with Gasteiger partial charge in [-0.2, -0.15) is 8.42 Å². The summed E-state index contributed by atoms with van der Waals surface area (Å²) in [6.45, 7) is 2.91. The van der Waals surface area contributed by atoms with Gasteiger partial charge in [-0.05, 0) is 6.42 Å². The van der Waals surface area contributed by atoms with Gasteiger partial charge in [0.1, 0.15) is 0 Å². The average Bonchev–Trinajstić information content (AvgIpc) is 1.85. The molecule has 2 unspecified atom stereocenters. The van der Waals surface area contributed by atoms with Crippen LogP contribution in [0.2, 0.25) is 0 Å². The quantitative estimate of drug-likeness (QED) is 0.422. The lowest BCUT2D eigenvalue weighted by Crippen LogP contribution is -2.34. The first kappa shape index (κ1) is 11.8. The smallest absolute Gasteiger partial charge is 0.268 e. The first-order valence-electron chi connectivity index (χ1n) is 3.63. The molecular weight excluding hydrogens is 184 g/mol. The maximum Gasteiger partial charge on any atom is 0.268 e. The molecule has 0 saturated carbocycles. The van der Waals surface area contributed by atoms with E-state index < -0.39 is 27.6 Å². The molecule has 0 bridgehead atoms. The third-order valence-corrected chi connectivity index (χ3v) is 3.37. The molecule has 6 heteroatoms. The van der Waals surface area contributed by atoms with Crippen LogP contribution in [-0.4, -0.2) is 34.7 Å². The van der Waals surface area contributed by atoms with Crippen molar-refractivity contribution in [2.24, 2.45) is 5.92 Å². The fourth-order valence-corrected chi connectivity index (χ4v) is 2.15. The van der Waals surface area contributed by atoms with Crippen molar-refractivity contribution in [3.63, 3.8) is 0 Å². The zero-order chi connectivity index (χ0) is 9.94. The van der Waals surface area contributed by atoms with E-state index in [1.807, 2.05) is 0 Å². The van der Waals surface area contributed by atoms with Crippen molar-refractivity contribution in [2.45, 2.75) is 31.8 Å². The van der Waals surface area contributed by atoms with Crippen molar-refractivity contribution in [3.05, 3.63) is 0 Å². The van der Waals surface area contributed by atoms with Crippen LogP contribution in [0, 0.1) is 5.92 Å². The minimum Gasteiger partial charge on any atom is -0.368 e. The van der Waals surface area contributed by atoms with Gasteiger partial charge in [-0.1, -0.05) is 13.8 Å². The summed E-state index contributed by atoms with van der Waals surface area (Å²) in [5.74, 6) is -0.884. The Bertz CT molecular complexity index is 220. The molecule has 0 aromatic rings. The summed E-state index contributed by atoms with van der Waals surface area (Å²) in [5.41, 5.74) is 0. The van der Waals surface area contributed by atoms with Crippen LogP contribution in [0.3, 0.4) is 0 Å². The molecule has 0 spiro atoms. The molecule has 0 aliphatic rings. The molecule has 0 aromatic heterocycles.